The summed E-state index contributed by atoms with van der Waals surface area (Å²) in [7, 11) is 0. The number of rotatable bonds is 2. The van der Waals surface area contributed by atoms with Crippen LogP contribution in [0.3, 0.4) is 0 Å². The van der Waals surface area contributed by atoms with Crippen LogP contribution in [0.25, 0.3) is 22.6 Å². The summed E-state index contributed by atoms with van der Waals surface area (Å²) in [6.45, 7) is 5.86. The molecule has 1 aliphatic heterocycles. The number of nitrogens with zero attached hydrogens (tertiary/aromatic N) is 4. The molecule has 136 valence electrons. The molecule has 0 fully saturated rings. The molecule has 0 bridgehead atoms. The van der Waals surface area contributed by atoms with E-state index in [0.717, 1.165) is 53.6 Å². The lowest BCUT2D eigenvalue weighted by atomic mass is 10.0. The van der Waals surface area contributed by atoms with Crippen LogP contribution in [-0.2, 0) is 13.0 Å². The molecule has 3 aromatic heterocycles. The molecule has 7 nitrogen and oxygen atoms in total. The maximum Gasteiger partial charge on any atom is 0.159 e. The molecule has 27 heavy (non-hydrogen) atoms. The first kappa shape index (κ1) is 15.9. The number of nitrogens with one attached hydrogen (secondary N) is 2. The SMILES string of the molecule is Cc1cc2nc(-c3n[nH]c4c3CCN(c3ccc(N)cn3)C4)[nH]c2cc1C. The van der Waals surface area contributed by atoms with E-state index in [1.165, 1.54) is 16.7 Å². The fourth-order valence-corrected chi connectivity index (χ4v) is 3.68. The molecule has 4 aromatic rings. The van der Waals surface area contributed by atoms with E-state index >= 15 is 0 Å². The van der Waals surface area contributed by atoms with Crippen LogP contribution in [0.2, 0.25) is 0 Å². The average molecular weight is 359 g/mol. The zero-order valence-electron chi connectivity index (χ0n) is 15.4. The molecule has 4 N–H and O–H groups in total. The predicted molar refractivity (Wildman–Crippen MR) is 107 cm³/mol. The summed E-state index contributed by atoms with van der Waals surface area (Å²) in [6, 6.07) is 8.11. The van der Waals surface area contributed by atoms with Crippen molar-refractivity contribution in [2.75, 3.05) is 17.2 Å². The van der Waals surface area contributed by atoms with Crippen molar-refractivity contribution in [2.24, 2.45) is 0 Å². The number of aryl methyl sites for hydroxylation is 2. The predicted octanol–water partition coefficient (Wildman–Crippen LogP) is 3.11. The Labute approximate surface area is 156 Å². The summed E-state index contributed by atoms with van der Waals surface area (Å²) in [5, 5.41) is 7.76. The van der Waals surface area contributed by atoms with Crippen molar-refractivity contribution >= 4 is 22.5 Å². The van der Waals surface area contributed by atoms with Gasteiger partial charge in [0.15, 0.2) is 5.82 Å². The van der Waals surface area contributed by atoms with E-state index in [-0.39, 0.29) is 0 Å². The third-order valence-corrected chi connectivity index (χ3v) is 5.35. The number of anilines is 2. The van der Waals surface area contributed by atoms with Crippen LogP contribution in [0.15, 0.2) is 30.5 Å². The van der Waals surface area contributed by atoms with Crippen molar-refractivity contribution in [3.63, 3.8) is 0 Å². The third-order valence-electron chi connectivity index (χ3n) is 5.35. The number of imidazole rings is 1. The van der Waals surface area contributed by atoms with Crippen molar-refractivity contribution in [1.29, 1.82) is 0 Å². The second kappa shape index (κ2) is 5.84. The molecule has 1 aliphatic rings. The van der Waals surface area contributed by atoms with Crippen molar-refractivity contribution in [1.82, 2.24) is 25.1 Å². The zero-order chi connectivity index (χ0) is 18.5. The maximum absolute atomic E-state index is 5.74. The Bertz CT molecular complexity index is 1100. The van der Waals surface area contributed by atoms with Crippen LogP contribution in [0.4, 0.5) is 11.5 Å². The lowest BCUT2D eigenvalue weighted by Crippen LogP contribution is -2.31. The second-order valence-electron chi connectivity index (χ2n) is 7.19. The van der Waals surface area contributed by atoms with Crippen LogP contribution < -0.4 is 10.6 Å². The molecule has 4 heterocycles. The summed E-state index contributed by atoms with van der Waals surface area (Å²) >= 11 is 0. The third kappa shape index (κ3) is 2.63. The molecule has 1 aromatic carbocycles. The number of nitrogens with two attached hydrogens (primary N) is 1. The number of pyridine rings is 1. The van der Waals surface area contributed by atoms with E-state index < -0.39 is 0 Å². The van der Waals surface area contributed by atoms with E-state index in [1.807, 2.05) is 12.1 Å². The quantitative estimate of drug-likeness (QED) is 0.511. The highest BCUT2D eigenvalue weighted by Gasteiger charge is 2.24. The van der Waals surface area contributed by atoms with Crippen molar-refractivity contribution in [3.05, 3.63) is 52.8 Å². The molecule has 0 saturated carbocycles. The van der Waals surface area contributed by atoms with Crippen LogP contribution in [0, 0.1) is 13.8 Å². The Kier molecular flexibility index (Phi) is 3.43. The zero-order valence-corrected chi connectivity index (χ0v) is 15.4. The van der Waals surface area contributed by atoms with Gasteiger partial charge < -0.3 is 15.6 Å². The number of benzene rings is 1. The molecule has 0 aliphatic carbocycles. The average Bonchev–Trinajstić information content (AvgIpc) is 3.25. The minimum absolute atomic E-state index is 0.677. The Morgan fingerprint density at radius 2 is 2.00 bits per heavy atom. The van der Waals surface area contributed by atoms with Gasteiger partial charge in [-0.15, -0.1) is 0 Å². The largest absolute Gasteiger partial charge is 0.397 e. The monoisotopic (exact) mass is 359 g/mol. The van der Waals surface area contributed by atoms with Crippen LogP contribution in [0.1, 0.15) is 22.4 Å². The number of nitrogen functional groups attached to an aromatic ring is 1. The van der Waals surface area contributed by atoms with Gasteiger partial charge in [0.05, 0.1) is 35.2 Å². The Hall–Kier alpha value is -3.35. The summed E-state index contributed by atoms with van der Waals surface area (Å²) in [4.78, 5) is 14.9. The highest BCUT2D eigenvalue weighted by Crippen LogP contribution is 2.30. The van der Waals surface area contributed by atoms with Crippen LogP contribution in [-0.4, -0.2) is 31.7 Å². The minimum Gasteiger partial charge on any atom is -0.397 e. The van der Waals surface area contributed by atoms with E-state index in [9.17, 15) is 0 Å². The minimum atomic E-state index is 0.677. The van der Waals surface area contributed by atoms with E-state index in [2.05, 4.69) is 51.0 Å². The number of hydrogen-bond acceptors (Lipinski definition) is 5. The summed E-state index contributed by atoms with van der Waals surface area (Å²) in [5.41, 5.74) is 14.2. The molecular formula is C20H21N7. The maximum atomic E-state index is 5.74. The number of fused-ring (bicyclic) bond motifs is 2. The van der Waals surface area contributed by atoms with Crippen LogP contribution >= 0.6 is 0 Å². The normalized spacial score (nSPS) is 13.9. The van der Waals surface area contributed by atoms with Gasteiger partial charge in [-0.05, 0) is 55.7 Å². The molecular weight excluding hydrogens is 338 g/mol. The van der Waals surface area contributed by atoms with Crippen LogP contribution in [0.5, 0.6) is 0 Å². The smallest absolute Gasteiger partial charge is 0.159 e. The summed E-state index contributed by atoms with van der Waals surface area (Å²) in [5.74, 6) is 1.76. The number of hydrogen-bond donors (Lipinski definition) is 3. The number of H-pyrrole nitrogens is 2. The van der Waals surface area contributed by atoms with Gasteiger partial charge in [-0.3, -0.25) is 5.10 Å². The molecule has 0 saturated heterocycles. The standard InChI is InChI=1S/C20H21N7/c1-11-7-15-16(8-12(11)2)24-20(23-15)19-14-5-6-27(10-17(14)25-26-19)18-4-3-13(21)9-22-18/h3-4,7-9H,5-6,10,21H2,1-2H3,(H,23,24)(H,25,26). The first-order valence-electron chi connectivity index (χ1n) is 9.08. The van der Waals surface area contributed by atoms with E-state index in [0.29, 0.717) is 5.69 Å². The molecule has 0 atom stereocenters. The fourth-order valence-electron chi connectivity index (χ4n) is 3.68. The van der Waals surface area contributed by atoms with Gasteiger partial charge in [0.25, 0.3) is 0 Å². The molecule has 5 rings (SSSR count). The highest BCUT2D eigenvalue weighted by atomic mass is 15.2. The van der Waals surface area contributed by atoms with Gasteiger partial charge in [0.1, 0.15) is 11.5 Å². The topological polar surface area (TPSA) is 99.5 Å². The lowest BCUT2D eigenvalue weighted by molar-refractivity contribution is 0.708. The fraction of sp³-hybridized carbons (Fsp3) is 0.250. The number of aromatic amines is 2. The van der Waals surface area contributed by atoms with E-state index in [4.69, 9.17) is 10.7 Å². The first-order chi connectivity index (χ1) is 13.1. The Morgan fingerprint density at radius 1 is 1.15 bits per heavy atom. The lowest BCUT2D eigenvalue weighted by Gasteiger charge is -2.27. The van der Waals surface area contributed by atoms with Gasteiger partial charge in [-0.25, -0.2) is 9.97 Å². The van der Waals surface area contributed by atoms with Gasteiger partial charge in [-0.1, -0.05) is 0 Å². The highest BCUT2D eigenvalue weighted by molar-refractivity contribution is 5.81. The van der Waals surface area contributed by atoms with Crippen molar-refractivity contribution in [3.8, 4) is 11.5 Å². The molecule has 0 unspecified atom stereocenters. The van der Waals surface area contributed by atoms with Gasteiger partial charge in [-0.2, -0.15) is 5.10 Å². The molecule has 7 heteroatoms. The second-order valence-corrected chi connectivity index (χ2v) is 7.19. The van der Waals surface area contributed by atoms with Crippen molar-refractivity contribution in [2.45, 2.75) is 26.8 Å². The Balaban J connectivity index is 1.48. The van der Waals surface area contributed by atoms with Gasteiger partial charge in [0, 0.05) is 12.1 Å². The summed E-state index contributed by atoms with van der Waals surface area (Å²) < 4.78 is 0. The molecule has 0 spiro atoms. The van der Waals surface area contributed by atoms with E-state index in [1.54, 1.807) is 6.20 Å². The first-order valence-corrected chi connectivity index (χ1v) is 9.08. The number of aromatic nitrogens is 5. The molecule has 0 amide bonds. The summed E-state index contributed by atoms with van der Waals surface area (Å²) in [6.07, 6.45) is 2.59. The van der Waals surface area contributed by atoms with Crippen molar-refractivity contribution < 1.29 is 0 Å². The van der Waals surface area contributed by atoms with Gasteiger partial charge >= 0.3 is 0 Å². The Morgan fingerprint density at radius 3 is 2.81 bits per heavy atom. The molecule has 0 radical (unpaired) electrons. The van der Waals surface area contributed by atoms with Gasteiger partial charge in [0.2, 0.25) is 0 Å².